The molecule has 4 nitrogen and oxygen atoms in total. The molecule has 1 aromatic rings. The van der Waals surface area contributed by atoms with Gasteiger partial charge in [0.05, 0.1) is 4.90 Å². The molecule has 0 aliphatic carbocycles. The molecule has 0 bridgehead atoms. The van der Waals surface area contributed by atoms with Gasteiger partial charge in [-0.15, -0.1) is 0 Å². The van der Waals surface area contributed by atoms with Crippen molar-refractivity contribution in [1.29, 1.82) is 0 Å². The van der Waals surface area contributed by atoms with Crippen LogP contribution in [0, 0.1) is 3.57 Å². The zero-order chi connectivity index (χ0) is 13.9. The van der Waals surface area contributed by atoms with Crippen LogP contribution in [0.3, 0.4) is 0 Å². The van der Waals surface area contributed by atoms with Gasteiger partial charge in [-0.05, 0) is 72.8 Å². The quantitative estimate of drug-likeness (QED) is 0.778. The minimum absolute atomic E-state index is 0.337. The van der Waals surface area contributed by atoms with Gasteiger partial charge in [0.15, 0.2) is 0 Å². The number of sulfonamides is 1. The van der Waals surface area contributed by atoms with Gasteiger partial charge in [-0.25, -0.2) is 13.1 Å². The maximum Gasteiger partial charge on any atom is 0.240 e. The van der Waals surface area contributed by atoms with Crippen molar-refractivity contribution in [2.75, 3.05) is 19.6 Å². The minimum Gasteiger partial charge on any atom is -0.299 e. The van der Waals surface area contributed by atoms with Gasteiger partial charge in [-0.2, -0.15) is 0 Å². The average molecular weight is 394 g/mol. The SMILES string of the molecule is CCN1CCC[C@@H]1CNS(=O)(=O)c1ccc(I)cc1. The highest BCUT2D eigenvalue weighted by atomic mass is 127. The molecule has 1 N–H and O–H groups in total. The van der Waals surface area contributed by atoms with Gasteiger partial charge in [0.1, 0.15) is 0 Å². The predicted octanol–water partition coefficient (Wildman–Crippen LogP) is 2.05. The summed E-state index contributed by atoms with van der Waals surface area (Å²) in [5.74, 6) is 0. The van der Waals surface area contributed by atoms with Crippen LogP contribution < -0.4 is 4.72 Å². The fourth-order valence-corrected chi connectivity index (χ4v) is 3.88. The van der Waals surface area contributed by atoms with Crippen LogP contribution in [0.2, 0.25) is 0 Å². The van der Waals surface area contributed by atoms with E-state index in [0.717, 1.165) is 29.5 Å². The van der Waals surface area contributed by atoms with Gasteiger partial charge in [0, 0.05) is 16.2 Å². The highest BCUT2D eigenvalue weighted by molar-refractivity contribution is 14.1. The molecule has 0 amide bonds. The largest absolute Gasteiger partial charge is 0.299 e. The molecule has 1 atom stereocenters. The Morgan fingerprint density at radius 2 is 2.05 bits per heavy atom. The van der Waals surface area contributed by atoms with Crippen LogP contribution in [0.4, 0.5) is 0 Å². The van der Waals surface area contributed by atoms with Crippen molar-refractivity contribution in [3.05, 3.63) is 27.8 Å². The molecule has 1 heterocycles. The molecule has 1 fully saturated rings. The van der Waals surface area contributed by atoms with Crippen molar-refractivity contribution in [3.63, 3.8) is 0 Å². The fourth-order valence-electron chi connectivity index (χ4n) is 2.45. The van der Waals surface area contributed by atoms with Crippen molar-refractivity contribution < 1.29 is 8.42 Å². The summed E-state index contributed by atoms with van der Waals surface area (Å²) in [5, 5.41) is 0. The van der Waals surface area contributed by atoms with E-state index in [1.54, 1.807) is 12.1 Å². The maximum absolute atomic E-state index is 12.2. The van der Waals surface area contributed by atoms with Crippen molar-refractivity contribution in [1.82, 2.24) is 9.62 Å². The van der Waals surface area contributed by atoms with Crippen molar-refractivity contribution in [2.45, 2.75) is 30.7 Å². The molecule has 2 rings (SSSR count). The van der Waals surface area contributed by atoms with E-state index in [4.69, 9.17) is 0 Å². The lowest BCUT2D eigenvalue weighted by atomic mass is 10.2. The Morgan fingerprint density at radius 3 is 2.68 bits per heavy atom. The summed E-state index contributed by atoms with van der Waals surface area (Å²) in [4.78, 5) is 2.67. The molecule has 1 aliphatic heterocycles. The van der Waals surface area contributed by atoms with E-state index >= 15 is 0 Å². The summed E-state index contributed by atoms with van der Waals surface area (Å²) in [7, 11) is -3.38. The molecular weight excluding hydrogens is 375 g/mol. The van der Waals surface area contributed by atoms with E-state index < -0.39 is 10.0 Å². The molecule has 1 aliphatic rings. The van der Waals surface area contributed by atoms with E-state index in [1.165, 1.54) is 0 Å². The van der Waals surface area contributed by atoms with Crippen LogP contribution >= 0.6 is 22.6 Å². The topological polar surface area (TPSA) is 49.4 Å². The fraction of sp³-hybridized carbons (Fsp3) is 0.538. The van der Waals surface area contributed by atoms with Crippen LogP contribution in [0.5, 0.6) is 0 Å². The van der Waals surface area contributed by atoms with E-state index in [1.807, 2.05) is 12.1 Å². The second-order valence-electron chi connectivity index (χ2n) is 4.73. The first kappa shape index (κ1) is 15.2. The molecule has 0 aromatic heterocycles. The van der Waals surface area contributed by atoms with Crippen LogP contribution in [-0.2, 0) is 10.0 Å². The molecule has 0 radical (unpaired) electrons. The highest BCUT2D eigenvalue weighted by Gasteiger charge is 2.24. The molecule has 106 valence electrons. The number of hydrogen-bond donors (Lipinski definition) is 1. The smallest absolute Gasteiger partial charge is 0.240 e. The Labute approximate surface area is 128 Å². The summed E-state index contributed by atoms with van der Waals surface area (Å²) in [6.45, 7) is 4.68. The Bertz CT molecular complexity index is 516. The van der Waals surface area contributed by atoms with E-state index in [9.17, 15) is 8.42 Å². The lowest BCUT2D eigenvalue weighted by molar-refractivity contribution is 0.268. The first-order valence-electron chi connectivity index (χ1n) is 6.52. The third-order valence-electron chi connectivity index (χ3n) is 3.54. The van der Waals surface area contributed by atoms with Gasteiger partial charge in [-0.1, -0.05) is 6.92 Å². The van der Waals surface area contributed by atoms with Crippen LogP contribution in [-0.4, -0.2) is 39.0 Å². The number of likely N-dealkylation sites (tertiary alicyclic amines) is 1. The second-order valence-corrected chi connectivity index (χ2v) is 7.74. The van der Waals surface area contributed by atoms with Gasteiger partial charge < -0.3 is 0 Å². The zero-order valence-electron chi connectivity index (χ0n) is 11.0. The minimum atomic E-state index is -3.38. The number of nitrogens with zero attached hydrogens (tertiary/aromatic N) is 1. The second kappa shape index (κ2) is 6.51. The van der Waals surface area contributed by atoms with Crippen LogP contribution in [0.25, 0.3) is 0 Å². The molecule has 0 saturated carbocycles. The Kier molecular flexibility index (Phi) is 5.22. The summed E-state index contributed by atoms with van der Waals surface area (Å²) >= 11 is 2.16. The van der Waals surface area contributed by atoms with Gasteiger partial charge >= 0.3 is 0 Å². The van der Waals surface area contributed by atoms with Gasteiger partial charge in [0.25, 0.3) is 0 Å². The maximum atomic E-state index is 12.2. The molecule has 19 heavy (non-hydrogen) atoms. The number of halogens is 1. The molecule has 6 heteroatoms. The summed E-state index contributed by atoms with van der Waals surface area (Å²) < 4.78 is 28.1. The third kappa shape index (κ3) is 3.90. The summed E-state index contributed by atoms with van der Waals surface area (Å²) in [5.41, 5.74) is 0. The van der Waals surface area contributed by atoms with Crippen LogP contribution in [0.1, 0.15) is 19.8 Å². The monoisotopic (exact) mass is 394 g/mol. The van der Waals surface area contributed by atoms with E-state index in [0.29, 0.717) is 17.5 Å². The Balaban J connectivity index is 2.00. The number of nitrogens with one attached hydrogen (secondary N) is 1. The van der Waals surface area contributed by atoms with Crippen LogP contribution in [0.15, 0.2) is 29.2 Å². The number of rotatable bonds is 5. The molecule has 0 unspecified atom stereocenters. The molecular formula is C13H19IN2O2S. The average Bonchev–Trinajstić information content (AvgIpc) is 2.84. The molecule has 1 saturated heterocycles. The lowest BCUT2D eigenvalue weighted by Crippen LogP contribution is -2.39. The predicted molar refractivity (Wildman–Crippen MR) is 84.6 cm³/mol. The van der Waals surface area contributed by atoms with Gasteiger partial charge in [-0.3, -0.25) is 4.90 Å². The van der Waals surface area contributed by atoms with Crippen molar-refractivity contribution in [3.8, 4) is 0 Å². The first-order chi connectivity index (χ1) is 9.03. The number of hydrogen-bond acceptors (Lipinski definition) is 3. The van der Waals surface area contributed by atoms with E-state index in [-0.39, 0.29) is 0 Å². The van der Waals surface area contributed by atoms with Gasteiger partial charge in [0.2, 0.25) is 10.0 Å². The standard InChI is InChI=1S/C13H19IN2O2S/c1-2-16-9-3-4-12(16)10-15-19(17,18)13-7-5-11(14)6-8-13/h5-8,12,15H,2-4,9-10H2,1H3/t12-/m1/s1. The molecule has 0 spiro atoms. The summed E-state index contributed by atoms with van der Waals surface area (Å²) in [6.07, 6.45) is 2.23. The first-order valence-corrected chi connectivity index (χ1v) is 9.08. The normalized spacial score (nSPS) is 20.8. The number of benzene rings is 1. The van der Waals surface area contributed by atoms with Crippen molar-refractivity contribution in [2.24, 2.45) is 0 Å². The van der Waals surface area contributed by atoms with Crippen molar-refractivity contribution >= 4 is 32.6 Å². The van der Waals surface area contributed by atoms with E-state index in [2.05, 4.69) is 39.1 Å². The number of likely N-dealkylation sites (N-methyl/N-ethyl adjacent to an activating group) is 1. The third-order valence-corrected chi connectivity index (χ3v) is 5.70. The Hall–Kier alpha value is -0.180. The molecule has 1 aromatic carbocycles. The summed E-state index contributed by atoms with van der Waals surface area (Å²) in [6, 6.07) is 7.25. The highest BCUT2D eigenvalue weighted by Crippen LogP contribution is 2.17. The Morgan fingerprint density at radius 1 is 1.37 bits per heavy atom. The lowest BCUT2D eigenvalue weighted by Gasteiger charge is -2.22. The zero-order valence-corrected chi connectivity index (χ0v) is 13.9.